The van der Waals surface area contributed by atoms with E-state index in [1.165, 1.54) is 16.3 Å². The first-order chi connectivity index (χ1) is 8.63. The minimum atomic E-state index is -0.265. The van der Waals surface area contributed by atoms with Crippen LogP contribution in [0.5, 0.6) is 0 Å². The summed E-state index contributed by atoms with van der Waals surface area (Å²) in [6.45, 7) is 2.36. The second-order valence-electron chi connectivity index (χ2n) is 3.25. The van der Waals surface area contributed by atoms with Crippen molar-refractivity contribution < 1.29 is 0 Å². The largest absolute Gasteiger partial charge is 0.368 e. The van der Waals surface area contributed by atoms with Gasteiger partial charge in [0.15, 0.2) is 5.16 Å². The van der Waals surface area contributed by atoms with Gasteiger partial charge in [-0.05, 0) is 18.7 Å². The molecule has 0 aromatic carbocycles. The molecule has 10 heteroatoms. The Balaban J connectivity index is 2.33. The van der Waals surface area contributed by atoms with E-state index < -0.39 is 0 Å². The van der Waals surface area contributed by atoms with Crippen LogP contribution in [0.15, 0.2) is 21.0 Å². The molecule has 6 N–H and O–H groups in total. The number of nitrogens with one attached hydrogen (secondary N) is 2. The Hall–Kier alpha value is -2.07. The molecule has 0 aliphatic heterocycles. The van der Waals surface area contributed by atoms with Crippen molar-refractivity contribution in [2.24, 2.45) is 5.84 Å². The van der Waals surface area contributed by atoms with Crippen molar-refractivity contribution in [3.05, 3.63) is 16.6 Å². The zero-order valence-electron chi connectivity index (χ0n) is 9.54. The summed E-state index contributed by atoms with van der Waals surface area (Å²) in [6, 6.07) is 1.61. The number of anilines is 2. The molecular formula is C8H12N8OS. The predicted molar refractivity (Wildman–Crippen MR) is 66.9 cm³/mol. The minimum absolute atomic E-state index is 0.0916. The third-order valence-corrected chi connectivity index (χ3v) is 3.02. The van der Waals surface area contributed by atoms with Crippen LogP contribution in [0.1, 0.15) is 6.92 Å². The van der Waals surface area contributed by atoms with Gasteiger partial charge in [0.25, 0.3) is 0 Å². The number of aromatic amines is 1. The van der Waals surface area contributed by atoms with Gasteiger partial charge in [-0.3, -0.25) is 4.57 Å². The monoisotopic (exact) mass is 268 g/mol. The number of nitrogen functional groups attached to an aromatic ring is 2. The zero-order chi connectivity index (χ0) is 13.1. The maximum atomic E-state index is 11.4. The van der Waals surface area contributed by atoms with Crippen molar-refractivity contribution in [1.29, 1.82) is 0 Å². The van der Waals surface area contributed by atoms with Crippen LogP contribution in [0.2, 0.25) is 0 Å². The molecule has 0 atom stereocenters. The van der Waals surface area contributed by atoms with E-state index in [0.29, 0.717) is 22.5 Å². The Labute approximate surface area is 106 Å². The van der Waals surface area contributed by atoms with Gasteiger partial charge in [0.1, 0.15) is 10.8 Å². The van der Waals surface area contributed by atoms with E-state index in [0.717, 1.165) is 0 Å². The van der Waals surface area contributed by atoms with Crippen LogP contribution in [0.25, 0.3) is 0 Å². The second-order valence-corrected chi connectivity index (χ2v) is 4.24. The molecule has 2 aromatic rings. The Morgan fingerprint density at radius 1 is 1.56 bits per heavy atom. The van der Waals surface area contributed by atoms with E-state index in [1.54, 1.807) is 6.07 Å². The molecule has 0 fully saturated rings. The quantitative estimate of drug-likeness (QED) is 0.327. The Morgan fingerprint density at radius 2 is 2.33 bits per heavy atom. The van der Waals surface area contributed by atoms with E-state index in [1.807, 2.05) is 6.92 Å². The number of aromatic nitrogens is 5. The van der Waals surface area contributed by atoms with Gasteiger partial charge in [0.05, 0.1) is 0 Å². The summed E-state index contributed by atoms with van der Waals surface area (Å²) in [5, 5.41) is 7.32. The summed E-state index contributed by atoms with van der Waals surface area (Å²) >= 11 is 1.20. The van der Waals surface area contributed by atoms with Gasteiger partial charge in [0, 0.05) is 12.6 Å². The highest BCUT2D eigenvalue weighted by atomic mass is 32.2. The third-order valence-electron chi connectivity index (χ3n) is 2.10. The minimum Gasteiger partial charge on any atom is -0.368 e. The predicted octanol–water partition coefficient (Wildman–Crippen LogP) is -0.600. The maximum absolute atomic E-state index is 11.4. The van der Waals surface area contributed by atoms with E-state index >= 15 is 0 Å². The topological polar surface area (TPSA) is 141 Å². The molecule has 9 nitrogen and oxygen atoms in total. The van der Waals surface area contributed by atoms with Gasteiger partial charge >= 0.3 is 5.69 Å². The summed E-state index contributed by atoms with van der Waals surface area (Å²) < 4.78 is 1.48. The molecule has 0 aliphatic rings. The molecule has 0 bridgehead atoms. The van der Waals surface area contributed by atoms with Gasteiger partial charge in [-0.2, -0.15) is 4.98 Å². The molecule has 18 heavy (non-hydrogen) atoms. The van der Waals surface area contributed by atoms with Gasteiger partial charge < -0.3 is 11.2 Å². The first kappa shape index (κ1) is 12.4. The Kier molecular flexibility index (Phi) is 3.48. The molecule has 0 spiro atoms. The summed E-state index contributed by atoms with van der Waals surface area (Å²) in [6.07, 6.45) is 0. The first-order valence-electron chi connectivity index (χ1n) is 5.08. The number of nitrogens with two attached hydrogens (primary N) is 2. The molecule has 96 valence electrons. The maximum Gasteiger partial charge on any atom is 0.343 e. The van der Waals surface area contributed by atoms with Gasteiger partial charge in [-0.25, -0.2) is 20.7 Å². The van der Waals surface area contributed by atoms with Crippen LogP contribution in [0, 0.1) is 0 Å². The number of H-pyrrole nitrogens is 1. The summed E-state index contributed by atoms with van der Waals surface area (Å²) in [5.41, 5.74) is 7.66. The Morgan fingerprint density at radius 3 is 3.00 bits per heavy atom. The van der Waals surface area contributed by atoms with Gasteiger partial charge in [0.2, 0.25) is 5.95 Å². The van der Waals surface area contributed by atoms with E-state index in [2.05, 4.69) is 25.6 Å². The lowest BCUT2D eigenvalue weighted by Gasteiger charge is -2.04. The van der Waals surface area contributed by atoms with E-state index in [9.17, 15) is 4.79 Å². The van der Waals surface area contributed by atoms with Crippen LogP contribution >= 0.6 is 11.8 Å². The Bertz CT molecular complexity index is 605. The van der Waals surface area contributed by atoms with Crippen molar-refractivity contribution in [2.45, 2.75) is 23.7 Å². The molecule has 0 saturated carbocycles. The number of hydrogen-bond acceptors (Lipinski definition) is 8. The molecule has 2 rings (SSSR count). The van der Waals surface area contributed by atoms with Crippen molar-refractivity contribution >= 4 is 23.5 Å². The van der Waals surface area contributed by atoms with Crippen LogP contribution < -0.4 is 22.7 Å². The van der Waals surface area contributed by atoms with Crippen molar-refractivity contribution in [1.82, 2.24) is 24.7 Å². The van der Waals surface area contributed by atoms with E-state index in [4.69, 9.17) is 11.6 Å². The second kappa shape index (κ2) is 5.06. The van der Waals surface area contributed by atoms with Crippen molar-refractivity contribution in [3.63, 3.8) is 0 Å². The molecule has 0 unspecified atom stereocenters. The smallest absolute Gasteiger partial charge is 0.343 e. The summed E-state index contributed by atoms with van der Waals surface area (Å²) in [7, 11) is 0. The first-order valence-corrected chi connectivity index (χ1v) is 5.90. The highest BCUT2D eigenvalue weighted by molar-refractivity contribution is 7.99. The summed E-state index contributed by atoms with van der Waals surface area (Å²) in [4.78, 5) is 19.3. The molecule has 0 radical (unpaired) electrons. The number of hydrogen-bond donors (Lipinski definition) is 4. The van der Waals surface area contributed by atoms with Crippen molar-refractivity contribution in [3.8, 4) is 0 Å². The lowest BCUT2D eigenvalue weighted by molar-refractivity contribution is 0.660. The molecular weight excluding hydrogens is 256 g/mol. The highest BCUT2D eigenvalue weighted by Gasteiger charge is 2.10. The lowest BCUT2D eigenvalue weighted by atomic mass is 10.6. The fourth-order valence-electron chi connectivity index (χ4n) is 1.32. The normalized spacial score (nSPS) is 10.6. The van der Waals surface area contributed by atoms with Gasteiger partial charge in [-0.1, -0.05) is 0 Å². The third kappa shape index (κ3) is 2.43. The molecule has 2 aromatic heterocycles. The number of rotatable bonds is 4. The average molecular weight is 268 g/mol. The van der Waals surface area contributed by atoms with Crippen LogP contribution in [-0.4, -0.2) is 24.7 Å². The van der Waals surface area contributed by atoms with Gasteiger partial charge in [-0.15, -0.1) is 5.10 Å². The van der Waals surface area contributed by atoms with E-state index in [-0.39, 0.29) is 11.6 Å². The van der Waals surface area contributed by atoms with Crippen LogP contribution in [0.4, 0.5) is 11.8 Å². The fourth-order valence-corrected chi connectivity index (χ4v) is 2.23. The number of nitrogens with zero attached hydrogens (tertiary/aromatic N) is 4. The molecule has 0 aliphatic carbocycles. The van der Waals surface area contributed by atoms with Crippen LogP contribution in [-0.2, 0) is 6.54 Å². The number of hydrazine groups is 1. The highest BCUT2D eigenvalue weighted by Crippen LogP contribution is 2.25. The fraction of sp³-hybridized carbons (Fsp3) is 0.250. The molecule has 2 heterocycles. The molecule has 0 amide bonds. The zero-order valence-corrected chi connectivity index (χ0v) is 10.4. The summed E-state index contributed by atoms with van der Waals surface area (Å²) in [5.74, 6) is 5.75. The average Bonchev–Trinajstić information content (AvgIpc) is 2.69. The lowest BCUT2D eigenvalue weighted by Crippen LogP contribution is -2.16. The standard InChI is InChI=1S/C8H12N8OS/c1-2-16-7(17)14-15-8(16)18-5-3-4(13-10)11-6(9)12-5/h3H,2,10H2,1H3,(H,14,17)(H3,9,11,12,13). The van der Waals surface area contributed by atoms with Crippen LogP contribution in [0.3, 0.4) is 0 Å². The SMILES string of the molecule is CCn1c(Sc2cc(NN)nc(N)n2)n[nH]c1=O. The molecule has 0 saturated heterocycles. The van der Waals surface area contributed by atoms with Crippen molar-refractivity contribution in [2.75, 3.05) is 11.2 Å².